The molecule has 0 aliphatic rings. The molecule has 0 radical (unpaired) electrons. The molecule has 2 heterocycles. The van der Waals surface area contributed by atoms with Crippen LogP contribution in [0.15, 0.2) is 24.5 Å². The second-order valence-corrected chi connectivity index (χ2v) is 3.22. The van der Waals surface area contributed by atoms with E-state index in [0.717, 1.165) is 0 Å². The molecular weight excluding hydrogens is 193 g/mol. The Bertz CT molecular complexity index is 439. The lowest BCUT2D eigenvalue weighted by molar-refractivity contribution is 0.153. The minimum Gasteiger partial charge on any atom is -0.317 e. The Morgan fingerprint density at radius 1 is 1.38 bits per heavy atom. The molecule has 2 aromatic heterocycles. The van der Waals surface area contributed by atoms with Gasteiger partial charge in [-0.3, -0.25) is 0 Å². The average molecular weight is 200 g/mol. The number of nitrogens with zero attached hydrogens (tertiary/aromatic N) is 2. The van der Waals surface area contributed by atoms with E-state index in [1.165, 1.54) is 12.3 Å². The molecule has 0 spiro atoms. The zero-order valence-electron chi connectivity index (χ0n) is 6.61. The van der Waals surface area contributed by atoms with Gasteiger partial charge in [-0.1, -0.05) is 0 Å². The number of rotatable bonds is 1. The van der Waals surface area contributed by atoms with Gasteiger partial charge in [-0.25, -0.2) is 13.8 Å². The SMILES string of the molecule is FC(F)c1ccnc2c1ccn2P. The molecule has 1 atom stereocenters. The summed E-state index contributed by atoms with van der Waals surface area (Å²) >= 11 is 0. The van der Waals surface area contributed by atoms with Crippen molar-refractivity contribution in [3.05, 3.63) is 30.1 Å². The number of fused-ring (bicyclic) bond motifs is 1. The Morgan fingerprint density at radius 2 is 2.15 bits per heavy atom. The van der Waals surface area contributed by atoms with Crippen molar-refractivity contribution >= 4 is 20.4 Å². The number of aromatic nitrogens is 2. The highest BCUT2D eigenvalue weighted by molar-refractivity contribution is 7.14. The molecule has 0 amide bonds. The predicted octanol–water partition coefficient (Wildman–Crippen LogP) is 2.61. The van der Waals surface area contributed by atoms with Crippen molar-refractivity contribution in [2.45, 2.75) is 6.43 Å². The highest BCUT2D eigenvalue weighted by Crippen LogP contribution is 2.27. The lowest BCUT2D eigenvalue weighted by atomic mass is 10.2. The minimum absolute atomic E-state index is 0.0335. The molecule has 68 valence electrons. The average Bonchev–Trinajstić information content (AvgIpc) is 2.48. The first-order valence-corrected chi connectivity index (χ1v) is 4.21. The van der Waals surface area contributed by atoms with Gasteiger partial charge in [0, 0.05) is 23.3 Å². The summed E-state index contributed by atoms with van der Waals surface area (Å²) in [4.78, 5) is 3.99. The molecule has 0 bridgehead atoms. The molecule has 2 aromatic rings. The lowest BCUT2D eigenvalue weighted by Gasteiger charge is -2.00. The second kappa shape index (κ2) is 3.04. The Morgan fingerprint density at radius 3 is 2.85 bits per heavy atom. The molecule has 13 heavy (non-hydrogen) atoms. The van der Waals surface area contributed by atoms with Crippen LogP contribution >= 0.6 is 9.39 Å². The zero-order chi connectivity index (χ0) is 9.42. The van der Waals surface area contributed by atoms with Crippen LogP contribution in [0.25, 0.3) is 11.0 Å². The van der Waals surface area contributed by atoms with Crippen LogP contribution in [0, 0.1) is 0 Å². The Labute approximate surface area is 75.8 Å². The number of hydrogen-bond donors (Lipinski definition) is 0. The summed E-state index contributed by atoms with van der Waals surface area (Å²) in [6.45, 7) is 0. The topological polar surface area (TPSA) is 17.8 Å². The summed E-state index contributed by atoms with van der Waals surface area (Å²) in [6, 6.07) is 2.98. The van der Waals surface area contributed by atoms with Gasteiger partial charge in [-0.2, -0.15) is 0 Å². The Hall–Kier alpha value is -1.02. The van der Waals surface area contributed by atoms with E-state index in [1.54, 1.807) is 16.6 Å². The van der Waals surface area contributed by atoms with Crippen molar-refractivity contribution in [2.75, 3.05) is 0 Å². The summed E-state index contributed by atoms with van der Waals surface area (Å²) in [7, 11) is 2.39. The van der Waals surface area contributed by atoms with Crippen LogP contribution in [-0.2, 0) is 0 Å². The smallest absolute Gasteiger partial charge is 0.264 e. The molecule has 0 saturated heterocycles. The highest BCUT2D eigenvalue weighted by Gasteiger charge is 2.12. The Kier molecular flexibility index (Phi) is 2.00. The molecule has 0 N–H and O–H groups in total. The molecule has 0 aromatic carbocycles. The zero-order valence-corrected chi connectivity index (χ0v) is 7.77. The highest BCUT2D eigenvalue weighted by atomic mass is 31.0. The van der Waals surface area contributed by atoms with E-state index < -0.39 is 6.43 Å². The van der Waals surface area contributed by atoms with Gasteiger partial charge in [0.1, 0.15) is 5.65 Å². The largest absolute Gasteiger partial charge is 0.317 e. The van der Waals surface area contributed by atoms with Gasteiger partial charge >= 0.3 is 0 Å². The number of hydrogen-bond acceptors (Lipinski definition) is 1. The fourth-order valence-electron chi connectivity index (χ4n) is 1.27. The van der Waals surface area contributed by atoms with Crippen LogP contribution in [0.4, 0.5) is 8.78 Å². The van der Waals surface area contributed by atoms with Crippen LogP contribution in [0.3, 0.4) is 0 Å². The third-order valence-electron chi connectivity index (χ3n) is 1.88. The Balaban J connectivity index is 2.77. The number of halogens is 2. The normalized spacial score (nSPS) is 11.4. The molecule has 0 aliphatic heterocycles. The van der Waals surface area contributed by atoms with Crippen LogP contribution < -0.4 is 0 Å². The molecule has 5 heteroatoms. The molecule has 2 rings (SSSR count). The van der Waals surface area contributed by atoms with E-state index in [1.807, 2.05) is 0 Å². The second-order valence-electron chi connectivity index (χ2n) is 2.66. The monoisotopic (exact) mass is 200 g/mol. The quantitative estimate of drug-likeness (QED) is 0.647. The van der Waals surface area contributed by atoms with E-state index in [0.29, 0.717) is 11.0 Å². The fraction of sp³-hybridized carbons (Fsp3) is 0.125. The lowest BCUT2D eigenvalue weighted by Crippen LogP contribution is -1.88. The van der Waals surface area contributed by atoms with Crippen molar-refractivity contribution in [3.8, 4) is 0 Å². The molecule has 0 aliphatic carbocycles. The van der Waals surface area contributed by atoms with Gasteiger partial charge < -0.3 is 4.34 Å². The summed E-state index contributed by atoms with van der Waals surface area (Å²) in [6.07, 6.45) is 0.636. The summed E-state index contributed by atoms with van der Waals surface area (Å²) in [5.74, 6) is 0. The van der Waals surface area contributed by atoms with Gasteiger partial charge in [0.05, 0.1) is 0 Å². The maximum absolute atomic E-state index is 12.5. The standard InChI is InChI=1S/C8H7F2N2P/c9-7(10)5-1-3-11-8-6(5)2-4-12(8)13/h1-4,7H,13H2. The first-order chi connectivity index (χ1) is 6.20. The number of pyridine rings is 1. The van der Waals surface area contributed by atoms with Gasteiger partial charge in [0.25, 0.3) is 6.43 Å². The molecule has 0 saturated carbocycles. The third kappa shape index (κ3) is 1.31. The van der Waals surface area contributed by atoms with Crippen molar-refractivity contribution in [3.63, 3.8) is 0 Å². The van der Waals surface area contributed by atoms with Gasteiger partial charge in [0.2, 0.25) is 0 Å². The van der Waals surface area contributed by atoms with E-state index >= 15 is 0 Å². The van der Waals surface area contributed by atoms with Crippen LogP contribution in [0.5, 0.6) is 0 Å². The van der Waals surface area contributed by atoms with E-state index in [9.17, 15) is 8.78 Å². The first kappa shape index (κ1) is 8.57. The number of alkyl halides is 2. The van der Waals surface area contributed by atoms with Crippen molar-refractivity contribution < 1.29 is 8.78 Å². The van der Waals surface area contributed by atoms with Crippen LogP contribution in [0.1, 0.15) is 12.0 Å². The van der Waals surface area contributed by atoms with Crippen molar-refractivity contribution in [1.29, 1.82) is 0 Å². The predicted molar refractivity (Wildman–Crippen MR) is 49.8 cm³/mol. The molecule has 0 fully saturated rings. The maximum atomic E-state index is 12.5. The van der Waals surface area contributed by atoms with Gasteiger partial charge in [-0.15, -0.1) is 0 Å². The third-order valence-corrected chi connectivity index (χ3v) is 2.30. The summed E-state index contributed by atoms with van der Waals surface area (Å²) in [5.41, 5.74) is 0.592. The minimum atomic E-state index is -2.45. The molecular formula is C8H7F2N2P. The molecule has 2 nitrogen and oxygen atoms in total. The van der Waals surface area contributed by atoms with E-state index in [-0.39, 0.29) is 5.56 Å². The fourth-order valence-corrected chi connectivity index (χ4v) is 1.56. The maximum Gasteiger partial charge on any atom is 0.264 e. The van der Waals surface area contributed by atoms with E-state index in [4.69, 9.17) is 0 Å². The van der Waals surface area contributed by atoms with Crippen molar-refractivity contribution in [2.24, 2.45) is 0 Å². The van der Waals surface area contributed by atoms with Crippen molar-refractivity contribution in [1.82, 2.24) is 9.32 Å². The van der Waals surface area contributed by atoms with E-state index in [2.05, 4.69) is 14.4 Å². The van der Waals surface area contributed by atoms with Crippen LogP contribution in [-0.4, -0.2) is 9.32 Å². The summed E-state index contributed by atoms with van der Waals surface area (Å²) in [5, 5.41) is 0.507. The first-order valence-electron chi connectivity index (χ1n) is 3.69. The molecule has 1 unspecified atom stereocenters. The summed E-state index contributed by atoms with van der Waals surface area (Å²) < 4.78 is 26.6. The van der Waals surface area contributed by atoms with Gasteiger partial charge in [-0.05, 0) is 21.5 Å². The van der Waals surface area contributed by atoms with Gasteiger partial charge in [0.15, 0.2) is 0 Å². The van der Waals surface area contributed by atoms with Crippen LogP contribution in [0.2, 0.25) is 0 Å².